The number of amides is 2. The molecule has 1 atom stereocenters. The van der Waals surface area contributed by atoms with Gasteiger partial charge in [-0.15, -0.1) is 0 Å². The summed E-state index contributed by atoms with van der Waals surface area (Å²) in [5.41, 5.74) is 4.57. The minimum Gasteiger partial charge on any atom is -0.443 e. The van der Waals surface area contributed by atoms with Gasteiger partial charge in [-0.25, -0.2) is 10.2 Å². The number of ether oxygens (including phenoxy) is 1. The van der Waals surface area contributed by atoms with E-state index in [0.717, 1.165) is 19.4 Å². The average molecular weight is 243 g/mol. The van der Waals surface area contributed by atoms with Gasteiger partial charge in [0.2, 0.25) is 5.91 Å². The molecule has 1 saturated heterocycles. The van der Waals surface area contributed by atoms with Crippen LogP contribution in [0.2, 0.25) is 0 Å². The van der Waals surface area contributed by atoms with E-state index in [0.29, 0.717) is 0 Å². The number of hydrazine groups is 1. The Morgan fingerprint density at radius 1 is 1.47 bits per heavy atom. The van der Waals surface area contributed by atoms with E-state index in [4.69, 9.17) is 4.74 Å². The van der Waals surface area contributed by atoms with Crippen LogP contribution in [0.1, 0.15) is 33.6 Å². The first-order valence-electron chi connectivity index (χ1n) is 5.79. The van der Waals surface area contributed by atoms with Crippen molar-refractivity contribution < 1.29 is 14.3 Å². The molecule has 6 nitrogen and oxygen atoms in total. The maximum absolute atomic E-state index is 11.7. The Hall–Kier alpha value is -1.30. The minimum absolute atomic E-state index is 0.00712. The number of likely N-dealkylation sites (tertiary alicyclic amines) is 1. The molecule has 1 aliphatic heterocycles. The Morgan fingerprint density at radius 2 is 2.12 bits per heavy atom. The highest BCUT2D eigenvalue weighted by Gasteiger charge is 2.27. The highest BCUT2D eigenvalue weighted by atomic mass is 16.6. The molecule has 17 heavy (non-hydrogen) atoms. The van der Waals surface area contributed by atoms with Crippen molar-refractivity contribution in [3.05, 3.63) is 0 Å². The van der Waals surface area contributed by atoms with Gasteiger partial charge in [-0.2, -0.15) is 0 Å². The van der Waals surface area contributed by atoms with Crippen molar-refractivity contribution >= 4 is 12.0 Å². The largest absolute Gasteiger partial charge is 0.443 e. The SMILES string of the molecule is CN1CCCC(NNC(=O)OC(C)(C)C)C1=O. The van der Waals surface area contributed by atoms with Gasteiger partial charge in [-0.3, -0.25) is 10.2 Å². The molecule has 0 aromatic carbocycles. The third-order valence-electron chi connectivity index (χ3n) is 2.41. The van der Waals surface area contributed by atoms with Gasteiger partial charge in [0, 0.05) is 13.6 Å². The van der Waals surface area contributed by atoms with Crippen LogP contribution in [0, 0.1) is 0 Å². The fourth-order valence-corrected chi connectivity index (χ4v) is 1.62. The highest BCUT2D eigenvalue weighted by molar-refractivity contribution is 5.82. The van der Waals surface area contributed by atoms with Crippen molar-refractivity contribution in [3.8, 4) is 0 Å². The van der Waals surface area contributed by atoms with Crippen LogP contribution in [-0.2, 0) is 9.53 Å². The van der Waals surface area contributed by atoms with E-state index in [1.165, 1.54) is 0 Å². The highest BCUT2D eigenvalue weighted by Crippen LogP contribution is 2.09. The third kappa shape index (κ3) is 4.60. The molecule has 1 rings (SSSR count). The van der Waals surface area contributed by atoms with Crippen LogP contribution < -0.4 is 10.9 Å². The standard InChI is InChI=1S/C11H21N3O3/c1-11(2,3)17-10(16)13-12-8-6-5-7-14(4)9(8)15/h8,12H,5-7H2,1-4H3,(H,13,16). The van der Waals surface area contributed by atoms with Crippen molar-refractivity contribution in [2.75, 3.05) is 13.6 Å². The number of nitrogens with zero attached hydrogens (tertiary/aromatic N) is 1. The number of likely N-dealkylation sites (N-methyl/N-ethyl adjacent to an activating group) is 1. The molecule has 0 aromatic heterocycles. The summed E-state index contributed by atoms with van der Waals surface area (Å²) in [6.07, 6.45) is 1.08. The molecule has 0 aliphatic carbocycles. The maximum Gasteiger partial charge on any atom is 0.422 e. The van der Waals surface area contributed by atoms with Gasteiger partial charge in [0.15, 0.2) is 0 Å². The topological polar surface area (TPSA) is 70.7 Å². The summed E-state index contributed by atoms with van der Waals surface area (Å²) >= 11 is 0. The monoisotopic (exact) mass is 243 g/mol. The Bertz CT molecular complexity index is 299. The van der Waals surface area contributed by atoms with E-state index in [1.807, 2.05) is 0 Å². The zero-order valence-electron chi connectivity index (χ0n) is 10.9. The Labute approximate surface area is 102 Å². The van der Waals surface area contributed by atoms with Crippen molar-refractivity contribution in [1.29, 1.82) is 0 Å². The van der Waals surface area contributed by atoms with E-state index < -0.39 is 11.7 Å². The van der Waals surface area contributed by atoms with Crippen molar-refractivity contribution in [2.45, 2.75) is 45.3 Å². The van der Waals surface area contributed by atoms with Gasteiger partial charge in [0.1, 0.15) is 11.6 Å². The summed E-state index contributed by atoms with van der Waals surface area (Å²) in [5, 5.41) is 0. The number of rotatable bonds is 2. The van der Waals surface area contributed by atoms with E-state index >= 15 is 0 Å². The van der Waals surface area contributed by atoms with Crippen molar-refractivity contribution in [3.63, 3.8) is 0 Å². The fraction of sp³-hybridized carbons (Fsp3) is 0.818. The molecule has 0 radical (unpaired) electrons. The van der Waals surface area contributed by atoms with Crippen LogP contribution in [0.5, 0.6) is 0 Å². The predicted molar refractivity (Wildman–Crippen MR) is 63.2 cm³/mol. The number of nitrogens with one attached hydrogen (secondary N) is 2. The van der Waals surface area contributed by atoms with Gasteiger partial charge in [-0.1, -0.05) is 0 Å². The molecule has 1 heterocycles. The lowest BCUT2D eigenvalue weighted by Gasteiger charge is -2.30. The minimum atomic E-state index is -0.571. The lowest BCUT2D eigenvalue weighted by Crippen LogP contribution is -2.55. The molecule has 1 unspecified atom stereocenters. The Morgan fingerprint density at radius 3 is 2.71 bits per heavy atom. The summed E-state index contributed by atoms with van der Waals surface area (Å²) in [7, 11) is 1.75. The first-order chi connectivity index (χ1) is 7.79. The van der Waals surface area contributed by atoms with Crippen molar-refractivity contribution in [1.82, 2.24) is 15.8 Å². The van der Waals surface area contributed by atoms with Gasteiger partial charge in [0.25, 0.3) is 0 Å². The van der Waals surface area contributed by atoms with E-state index in [2.05, 4.69) is 10.9 Å². The van der Waals surface area contributed by atoms with Crippen LogP contribution in [0.3, 0.4) is 0 Å². The lowest BCUT2D eigenvalue weighted by molar-refractivity contribution is -0.134. The second kappa shape index (κ2) is 5.35. The normalized spacial score (nSPS) is 21.3. The van der Waals surface area contributed by atoms with Crippen LogP contribution in [0.4, 0.5) is 4.79 Å². The fourth-order valence-electron chi connectivity index (χ4n) is 1.62. The lowest BCUT2D eigenvalue weighted by atomic mass is 10.1. The molecule has 0 spiro atoms. The number of carbonyl (C=O) groups is 2. The molecule has 0 saturated carbocycles. The van der Waals surface area contributed by atoms with E-state index in [-0.39, 0.29) is 11.9 Å². The third-order valence-corrected chi connectivity index (χ3v) is 2.41. The van der Waals surface area contributed by atoms with E-state index in [9.17, 15) is 9.59 Å². The van der Waals surface area contributed by atoms with Crippen LogP contribution in [0.15, 0.2) is 0 Å². The smallest absolute Gasteiger partial charge is 0.422 e. The molecule has 0 aromatic rings. The quantitative estimate of drug-likeness (QED) is 0.698. The summed E-state index contributed by atoms with van der Waals surface area (Å²) in [6.45, 7) is 6.12. The number of piperidine rings is 1. The molecule has 0 bridgehead atoms. The number of carbonyl (C=O) groups excluding carboxylic acids is 2. The zero-order chi connectivity index (χ0) is 13.1. The van der Waals surface area contributed by atoms with Gasteiger partial charge >= 0.3 is 6.09 Å². The van der Waals surface area contributed by atoms with Crippen LogP contribution in [0.25, 0.3) is 0 Å². The predicted octanol–water partition coefficient (Wildman–Crippen LogP) is 0.637. The van der Waals surface area contributed by atoms with Gasteiger partial charge in [-0.05, 0) is 33.6 Å². The first-order valence-corrected chi connectivity index (χ1v) is 5.79. The Kier molecular flexibility index (Phi) is 4.34. The van der Waals surface area contributed by atoms with Crippen LogP contribution in [-0.4, -0.2) is 42.1 Å². The molecule has 98 valence electrons. The summed E-state index contributed by atoms with van der Waals surface area (Å²) < 4.78 is 5.05. The van der Waals surface area contributed by atoms with Gasteiger partial charge in [0.05, 0.1) is 0 Å². The molecule has 2 N–H and O–H groups in total. The second-order valence-corrected chi connectivity index (χ2v) is 5.23. The average Bonchev–Trinajstić information content (AvgIpc) is 2.18. The number of hydrogen-bond donors (Lipinski definition) is 2. The Balaban J connectivity index is 2.35. The molecule has 2 amide bonds. The number of hydrogen-bond acceptors (Lipinski definition) is 4. The molecular weight excluding hydrogens is 222 g/mol. The van der Waals surface area contributed by atoms with Gasteiger partial charge < -0.3 is 9.64 Å². The molecule has 6 heteroatoms. The van der Waals surface area contributed by atoms with Crippen molar-refractivity contribution in [2.24, 2.45) is 0 Å². The molecule has 1 aliphatic rings. The zero-order valence-corrected chi connectivity index (χ0v) is 10.9. The molecule has 1 fully saturated rings. The molecular formula is C11H21N3O3. The maximum atomic E-state index is 11.7. The summed E-state index contributed by atoms with van der Waals surface area (Å²) in [5.74, 6) is -0.00712. The summed E-state index contributed by atoms with van der Waals surface area (Å²) in [6, 6.07) is -0.360. The van der Waals surface area contributed by atoms with E-state index in [1.54, 1.807) is 32.7 Å². The van der Waals surface area contributed by atoms with Crippen LogP contribution >= 0.6 is 0 Å². The summed E-state index contributed by atoms with van der Waals surface area (Å²) in [4.78, 5) is 24.7. The first kappa shape index (κ1) is 13.8. The second-order valence-electron chi connectivity index (χ2n) is 5.23.